The third-order valence-electron chi connectivity index (χ3n) is 2.21. The Morgan fingerprint density at radius 3 is 2.60 bits per heavy atom. The number of benzene rings is 1. The molecule has 0 aliphatic carbocycles. The molecule has 0 amide bonds. The molecule has 15 heavy (non-hydrogen) atoms. The quantitative estimate of drug-likeness (QED) is 0.510. The first-order valence-corrected chi connectivity index (χ1v) is 4.59. The lowest BCUT2D eigenvalue weighted by Crippen LogP contribution is -2.27. The van der Waals surface area contributed by atoms with Crippen LogP contribution in [0.3, 0.4) is 0 Å². The van der Waals surface area contributed by atoms with Crippen LogP contribution in [0, 0.1) is 0 Å². The molecule has 0 fully saturated rings. The molecule has 0 aliphatic rings. The van der Waals surface area contributed by atoms with Crippen LogP contribution in [0.15, 0.2) is 18.2 Å². The van der Waals surface area contributed by atoms with Crippen LogP contribution in [0.25, 0.3) is 0 Å². The first-order valence-electron chi connectivity index (χ1n) is 4.59. The van der Waals surface area contributed by atoms with E-state index in [1.165, 1.54) is 7.11 Å². The van der Waals surface area contributed by atoms with Gasteiger partial charge in [0.15, 0.2) is 0 Å². The molecule has 1 aromatic carbocycles. The predicted molar refractivity (Wildman–Crippen MR) is 57.4 cm³/mol. The van der Waals surface area contributed by atoms with Gasteiger partial charge in [-0.05, 0) is 17.7 Å². The number of ether oxygens (including phenoxy) is 1. The van der Waals surface area contributed by atoms with Crippen LogP contribution in [-0.4, -0.2) is 30.0 Å². The van der Waals surface area contributed by atoms with Gasteiger partial charge in [-0.3, -0.25) is 0 Å². The minimum Gasteiger partial charge on any atom is -0.495 e. The Bertz CT molecular complexity index is 330. The van der Waals surface area contributed by atoms with Crippen LogP contribution in [-0.2, 0) is 0 Å². The van der Waals surface area contributed by atoms with E-state index in [1.807, 2.05) is 0 Å². The molecule has 2 atom stereocenters. The van der Waals surface area contributed by atoms with E-state index >= 15 is 0 Å². The SMILES string of the molecule is COc1cc(C(O)C(O)CN)ccc1N. The molecule has 5 nitrogen and oxygen atoms in total. The second kappa shape index (κ2) is 4.97. The lowest BCUT2D eigenvalue weighted by atomic mass is 10.0. The van der Waals surface area contributed by atoms with E-state index in [1.54, 1.807) is 18.2 Å². The van der Waals surface area contributed by atoms with Crippen molar-refractivity contribution in [2.24, 2.45) is 5.73 Å². The fourth-order valence-corrected chi connectivity index (χ4v) is 1.26. The lowest BCUT2D eigenvalue weighted by molar-refractivity contribution is 0.0242. The Balaban J connectivity index is 2.95. The molecular formula is C10H16N2O3. The highest BCUT2D eigenvalue weighted by Crippen LogP contribution is 2.26. The minimum absolute atomic E-state index is 0.00609. The van der Waals surface area contributed by atoms with Gasteiger partial charge < -0.3 is 26.4 Å². The fraction of sp³-hybridized carbons (Fsp3) is 0.400. The molecule has 0 saturated carbocycles. The van der Waals surface area contributed by atoms with E-state index in [0.29, 0.717) is 17.0 Å². The van der Waals surface area contributed by atoms with Gasteiger partial charge in [-0.2, -0.15) is 0 Å². The molecule has 1 rings (SSSR count). The van der Waals surface area contributed by atoms with Crippen molar-refractivity contribution < 1.29 is 14.9 Å². The molecule has 1 aromatic rings. The molecule has 5 heteroatoms. The molecule has 0 spiro atoms. The van der Waals surface area contributed by atoms with Crippen molar-refractivity contribution in [3.8, 4) is 5.75 Å². The van der Waals surface area contributed by atoms with Crippen LogP contribution < -0.4 is 16.2 Å². The van der Waals surface area contributed by atoms with Gasteiger partial charge in [0.2, 0.25) is 0 Å². The molecular weight excluding hydrogens is 196 g/mol. The molecule has 6 N–H and O–H groups in total. The number of aliphatic hydroxyl groups is 2. The number of anilines is 1. The van der Waals surface area contributed by atoms with Crippen LogP contribution in [0.2, 0.25) is 0 Å². The smallest absolute Gasteiger partial charge is 0.142 e. The predicted octanol–water partition coefficient (Wildman–Crippen LogP) is -0.370. The Morgan fingerprint density at radius 2 is 2.07 bits per heavy atom. The Labute approximate surface area is 88.3 Å². The third kappa shape index (κ3) is 2.59. The maximum atomic E-state index is 9.67. The summed E-state index contributed by atoms with van der Waals surface area (Å²) in [6.07, 6.45) is -2.01. The highest BCUT2D eigenvalue weighted by Gasteiger charge is 2.17. The van der Waals surface area contributed by atoms with Crippen LogP contribution in [0.1, 0.15) is 11.7 Å². The summed E-state index contributed by atoms with van der Waals surface area (Å²) in [5.41, 5.74) is 11.9. The molecule has 0 radical (unpaired) electrons. The molecule has 0 aliphatic heterocycles. The van der Waals surface area contributed by atoms with Gasteiger partial charge in [-0.25, -0.2) is 0 Å². The van der Waals surface area contributed by atoms with Gasteiger partial charge in [0, 0.05) is 6.54 Å². The van der Waals surface area contributed by atoms with Gasteiger partial charge in [-0.1, -0.05) is 6.07 Å². The largest absolute Gasteiger partial charge is 0.495 e. The van der Waals surface area contributed by atoms with Gasteiger partial charge >= 0.3 is 0 Å². The summed E-state index contributed by atoms with van der Waals surface area (Å²) < 4.78 is 5.00. The average Bonchev–Trinajstić information content (AvgIpc) is 2.27. The first kappa shape index (κ1) is 11.8. The standard InChI is InChI=1S/C10H16N2O3/c1-15-9-4-6(2-3-7(9)12)10(14)8(13)5-11/h2-4,8,10,13-14H,5,11-12H2,1H3. The number of nitrogen functional groups attached to an aromatic ring is 1. The van der Waals surface area contributed by atoms with Crippen molar-refractivity contribution in [1.29, 1.82) is 0 Å². The lowest BCUT2D eigenvalue weighted by Gasteiger charge is -2.17. The summed E-state index contributed by atoms with van der Waals surface area (Å²) in [5, 5.41) is 19.0. The third-order valence-corrected chi connectivity index (χ3v) is 2.21. The van der Waals surface area contributed by atoms with Gasteiger partial charge in [0.05, 0.1) is 18.9 Å². The second-order valence-corrected chi connectivity index (χ2v) is 3.25. The van der Waals surface area contributed by atoms with E-state index in [2.05, 4.69) is 0 Å². The highest BCUT2D eigenvalue weighted by atomic mass is 16.5. The zero-order valence-corrected chi connectivity index (χ0v) is 8.55. The summed E-state index contributed by atoms with van der Waals surface area (Å²) in [6.45, 7) is -0.00609. The topological polar surface area (TPSA) is 102 Å². The molecule has 84 valence electrons. The Kier molecular flexibility index (Phi) is 3.90. The monoisotopic (exact) mass is 212 g/mol. The Hall–Kier alpha value is -1.30. The number of aliphatic hydroxyl groups excluding tert-OH is 2. The number of rotatable bonds is 4. The number of hydrogen-bond acceptors (Lipinski definition) is 5. The zero-order valence-electron chi connectivity index (χ0n) is 8.55. The molecule has 2 unspecified atom stereocenters. The molecule has 0 bridgehead atoms. The number of hydrogen-bond donors (Lipinski definition) is 4. The Morgan fingerprint density at radius 1 is 1.40 bits per heavy atom. The van der Waals surface area contributed by atoms with Crippen molar-refractivity contribution in [3.05, 3.63) is 23.8 Å². The van der Waals surface area contributed by atoms with Crippen LogP contribution in [0.4, 0.5) is 5.69 Å². The van der Waals surface area contributed by atoms with E-state index in [0.717, 1.165) is 0 Å². The maximum absolute atomic E-state index is 9.67. The van der Waals surface area contributed by atoms with Crippen molar-refractivity contribution in [2.75, 3.05) is 19.4 Å². The number of methoxy groups -OCH3 is 1. The van der Waals surface area contributed by atoms with Crippen LogP contribution >= 0.6 is 0 Å². The summed E-state index contributed by atoms with van der Waals surface area (Å²) in [7, 11) is 1.49. The fourth-order valence-electron chi connectivity index (χ4n) is 1.26. The van der Waals surface area contributed by atoms with E-state index < -0.39 is 12.2 Å². The zero-order chi connectivity index (χ0) is 11.4. The van der Waals surface area contributed by atoms with E-state index in [-0.39, 0.29) is 6.54 Å². The van der Waals surface area contributed by atoms with Crippen molar-refractivity contribution >= 4 is 5.69 Å². The molecule has 0 saturated heterocycles. The minimum atomic E-state index is -1.02. The highest BCUT2D eigenvalue weighted by molar-refractivity contribution is 5.54. The molecule has 0 heterocycles. The van der Waals surface area contributed by atoms with E-state index in [9.17, 15) is 10.2 Å². The summed E-state index contributed by atoms with van der Waals surface area (Å²) in [5.74, 6) is 0.468. The number of nitrogens with two attached hydrogens (primary N) is 2. The van der Waals surface area contributed by atoms with E-state index in [4.69, 9.17) is 16.2 Å². The van der Waals surface area contributed by atoms with Gasteiger partial charge in [0.25, 0.3) is 0 Å². The summed E-state index contributed by atoms with van der Waals surface area (Å²) in [4.78, 5) is 0. The first-order chi connectivity index (χ1) is 7.10. The maximum Gasteiger partial charge on any atom is 0.142 e. The average molecular weight is 212 g/mol. The van der Waals surface area contributed by atoms with Crippen molar-refractivity contribution in [3.63, 3.8) is 0 Å². The normalized spacial score (nSPS) is 14.7. The van der Waals surface area contributed by atoms with Crippen molar-refractivity contribution in [1.82, 2.24) is 0 Å². The van der Waals surface area contributed by atoms with Gasteiger partial charge in [0.1, 0.15) is 11.9 Å². The van der Waals surface area contributed by atoms with Gasteiger partial charge in [-0.15, -0.1) is 0 Å². The van der Waals surface area contributed by atoms with Crippen LogP contribution in [0.5, 0.6) is 5.75 Å². The van der Waals surface area contributed by atoms with Crippen molar-refractivity contribution in [2.45, 2.75) is 12.2 Å². The summed E-state index contributed by atoms with van der Waals surface area (Å²) in [6, 6.07) is 4.82. The summed E-state index contributed by atoms with van der Waals surface area (Å²) >= 11 is 0. The second-order valence-electron chi connectivity index (χ2n) is 3.25. The molecule has 0 aromatic heterocycles.